The molecular weight excluding hydrogens is 471 g/mol. The molecule has 2 N–H and O–H groups in total. The monoisotopic (exact) mass is 489 g/mol. The van der Waals surface area contributed by atoms with Crippen molar-refractivity contribution in [3.8, 4) is 0 Å². The molecule has 0 saturated heterocycles. The van der Waals surface area contributed by atoms with E-state index in [0.29, 0.717) is 11.6 Å². The van der Waals surface area contributed by atoms with Gasteiger partial charge < -0.3 is 10.1 Å². The van der Waals surface area contributed by atoms with E-state index in [1.165, 1.54) is 12.1 Å². The van der Waals surface area contributed by atoms with Crippen LogP contribution >= 0.6 is 0 Å². The number of halogens is 3. The van der Waals surface area contributed by atoms with E-state index in [2.05, 4.69) is 4.74 Å². The van der Waals surface area contributed by atoms with E-state index in [-0.39, 0.29) is 11.0 Å². The molecule has 0 aromatic heterocycles. The minimum Gasteiger partial charge on any atom is -0.455 e. The third-order valence-electron chi connectivity index (χ3n) is 4.35. The highest BCUT2D eigenvalue weighted by Crippen LogP contribution is 2.37. The van der Waals surface area contributed by atoms with Crippen LogP contribution in [0.15, 0.2) is 41.3 Å². The highest BCUT2D eigenvalue weighted by Gasteiger charge is 2.35. The Balaban J connectivity index is 1.96. The van der Waals surface area contributed by atoms with Gasteiger partial charge >= 0.3 is 12.1 Å². The van der Waals surface area contributed by atoms with Gasteiger partial charge in [0.25, 0.3) is 11.6 Å². The lowest BCUT2D eigenvalue weighted by Crippen LogP contribution is -2.32. The molecule has 0 aliphatic heterocycles. The maximum atomic E-state index is 13.1. The van der Waals surface area contributed by atoms with Crippen LogP contribution in [0.25, 0.3) is 0 Å². The van der Waals surface area contributed by atoms with Crippen molar-refractivity contribution in [2.75, 3.05) is 18.5 Å². The molecule has 0 heterocycles. The van der Waals surface area contributed by atoms with Crippen molar-refractivity contribution >= 4 is 33.3 Å². The number of nitro groups is 1. The van der Waals surface area contributed by atoms with E-state index < -0.39 is 63.1 Å². The number of benzene rings is 2. The molecule has 14 heteroatoms. The maximum absolute atomic E-state index is 13.1. The highest BCUT2D eigenvalue weighted by atomic mass is 32.2. The predicted octanol–water partition coefficient (Wildman–Crippen LogP) is 2.69. The van der Waals surface area contributed by atoms with Crippen molar-refractivity contribution in [1.82, 2.24) is 4.72 Å². The summed E-state index contributed by atoms with van der Waals surface area (Å²) in [7, 11) is -4.05. The number of esters is 1. The van der Waals surface area contributed by atoms with Gasteiger partial charge in [0.05, 0.1) is 21.1 Å². The number of rotatable bonds is 8. The number of carbonyl (C=O) groups is 2. The first kappa shape index (κ1) is 25.7. The summed E-state index contributed by atoms with van der Waals surface area (Å²) < 4.78 is 70.4. The average Bonchev–Trinajstić information content (AvgIpc) is 2.72. The molecule has 0 unspecified atom stereocenters. The molecule has 1 amide bonds. The summed E-state index contributed by atoms with van der Waals surface area (Å²) in [5, 5.41) is 12.5. The normalized spacial score (nSPS) is 11.7. The van der Waals surface area contributed by atoms with Crippen LogP contribution in [0.5, 0.6) is 0 Å². The number of hydrogen-bond donors (Lipinski definition) is 2. The van der Waals surface area contributed by atoms with Gasteiger partial charge in [0.2, 0.25) is 10.0 Å². The van der Waals surface area contributed by atoms with Gasteiger partial charge in [-0.05, 0) is 43.2 Å². The summed E-state index contributed by atoms with van der Waals surface area (Å²) in [5.74, 6) is -2.32. The molecule has 0 spiro atoms. The minimum absolute atomic E-state index is 0.0889. The Morgan fingerprint density at radius 1 is 1.09 bits per heavy atom. The largest absolute Gasteiger partial charge is 0.455 e. The van der Waals surface area contributed by atoms with Gasteiger partial charge in [0.15, 0.2) is 6.61 Å². The van der Waals surface area contributed by atoms with Gasteiger partial charge in [-0.1, -0.05) is 6.07 Å². The topological polar surface area (TPSA) is 145 Å². The van der Waals surface area contributed by atoms with Crippen LogP contribution in [0.1, 0.15) is 16.7 Å². The van der Waals surface area contributed by atoms with E-state index >= 15 is 0 Å². The molecule has 0 fully saturated rings. The fourth-order valence-electron chi connectivity index (χ4n) is 2.49. The molecule has 10 nitrogen and oxygen atoms in total. The number of nitro benzene ring substituents is 1. The summed E-state index contributed by atoms with van der Waals surface area (Å²) in [6.07, 6.45) is -5.00. The third-order valence-corrected chi connectivity index (χ3v) is 5.75. The SMILES string of the molecule is Cc1ccc(S(=O)(=O)NCC(=O)OCC(=O)Nc2ccc([N+](=O)[O-])cc2C(F)(F)F)cc1C. The molecule has 0 atom stereocenters. The number of carbonyl (C=O) groups excluding carboxylic acids is 2. The number of amides is 1. The van der Waals surface area contributed by atoms with E-state index in [0.717, 1.165) is 11.6 Å². The van der Waals surface area contributed by atoms with E-state index in [9.17, 15) is 41.3 Å². The molecular formula is C19H18F3N3O7S. The van der Waals surface area contributed by atoms with Crippen molar-refractivity contribution in [3.05, 3.63) is 63.2 Å². The molecule has 0 bridgehead atoms. The Morgan fingerprint density at radius 2 is 1.76 bits per heavy atom. The molecule has 2 aromatic carbocycles. The molecule has 2 rings (SSSR count). The predicted molar refractivity (Wildman–Crippen MR) is 109 cm³/mol. The smallest absolute Gasteiger partial charge is 0.418 e. The molecule has 2 aromatic rings. The van der Waals surface area contributed by atoms with E-state index in [1.54, 1.807) is 19.9 Å². The lowest BCUT2D eigenvalue weighted by molar-refractivity contribution is -0.385. The maximum Gasteiger partial charge on any atom is 0.418 e. The molecule has 33 heavy (non-hydrogen) atoms. The van der Waals surface area contributed by atoms with Crippen LogP contribution in [0.2, 0.25) is 0 Å². The highest BCUT2D eigenvalue weighted by molar-refractivity contribution is 7.89. The first-order valence-electron chi connectivity index (χ1n) is 9.09. The first-order chi connectivity index (χ1) is 15.2. The van der Waals surface area contributed by atoms with E-state index in [1.807, 2.05) is 10.0 Å². The Labute approximate surface area is 185 Å². The molecule has 0 radical (unpaired) electrons. The number of nitrogens with one attached hydrogen (secondary N) is 2. The number of non-ortho nitro benzene ring substituents is 1. The number of hydrogen-bond acceptors (Lipinski definition) is 7. The van der Waals surface area contributed by atoms with Gasteiger partial charge in [-0.25, -0.2) is 8.42 Å². The minimum atomic E-state index is -5.00. The number of ether oxygens (including phenoxy) is 1. The summed E-state index contributed by atoms with van der Waals surface area (Å²) in [4.78, 5) is 33.2. The lowest BCUT2D eigenvalue weighted by Gasteiger charge is -2.13. The molecule has 0 saturated carbocycles. The van der Waals surface area contributed by atoms with Crippen LogP contribution < -0.4 is 10.0 Å². The van der Waals surface area contributed by atoms with Gasteiger partial charge in [0, 0.05) is 12.1 Å². The molecule has 0 aliphatic rings. The Morgan fingerprint density at radius 3 is 2.33 bits per heavy atom. The second-order valence-electron chi connectivity index (χ2n) is 6.76. The number of nitrogens with zero attached hydrogens (tertiary/aromatic N) is 1. The Kier molecular flexibility index (Phi) is 7.76. The van der Waals surface area contributed by atoms with Crippen LogP contribution in [0.4, 0.5) is 24.5 Å². The Hall–Kier alpha value is -3.52. The number of aryl methyl sites for hydroxylation is 2. The van der Waals surface area contributed by atoms with E-state index in [4.69, 9.17) is 0 Å². The summed E-state index contributed by atoms with van der Waals surface area (Å²) in [6.45, 7) is 1.65. The van der Waals surface area contributed by atoms with Crippen molar-refractivity contribution < 1.29 is 40.8 Å². The Bertz CT molecular complexity index is 1200. The number of alkyl halides is 3. The van der Waals surface area contributed by atoms with Crippen molar-refractivity contribution in [2.24, 2.45) is 0 Å². The van der Waals surface area contributed by atoms with Crippen LogP contribution in [-0.4, -0.2) is 38.4 Å². The van der Waals surface area contributed by atoms with Gasteiger partial charge in [-0.3, -0.25) is 19.7 Å². The zero-order valence-corrected chi connectivity index (χ0v) is 18.0. The second-order valence-corrected chi connectivity index (χ2v) is 8.53. The van der Waals surface area contributed by atoms with Crippen molar-refractivity contribution in [3.63, 3.8) is 0 Å². The second kappa shape index (κ2) is 9.95. The standard InChI is InChI=1S/C19H18F3N3O7S/c1-11-3-5-14(7-12(11)2)33(30,31)23-9-18(27)32-10-17(26)24-16-6-4-13(25(28)29)8-15(16)19(20,21)22/h3-8,23H,9-10H2,1-2H3,(H,24,26). The number of anilines is 1. The fraction of sp³-hybridized carbons (Fsp3) is 0.263. The zero-order chi connectivity index (χ0) is 25.0. The number of sulfonamides is 1. The van der Waals surface area contributed by atoms with Crippen LogP contribution in [0.3, 0.4) is 0 Å². The van der Waals surface area contributed by atoms with Crippen molar-refractivity contribution in [2.45, 2.75) is 24.9 Å². The first-order valence-corrected chi connectivity index (χ1v) is 10.6. The lowest BCUT2D eigenvalue weighted by atomic mass is 10.1. The molecule has 0 aliphatic carbocycles. The summed E-state index contributed by atoms with van der Waals surface area (Å²) in [6, 6.07) is 6.03. The zero-order valence-electron chi connectivity index (χ0n) is 17.2. The quantitative estimate of drug-likeness (QED) is 0.329. The average molecular weight is 489 g/mol. The third kappa shape index (κ3) is 6.98. The van der Waals surface area contributed by atoms with Gasteiger partial charge in [-0.2, -0.15) is 17.9 Å². The van der Waals surface area contributed by atoms with Crippen LogP contribution in [0, 0.1) is 24.0 Å². The van der Waals surface area contributed by atoms with Crippen LogP contribution in [-0.2, 0) is 30.5 Å². The summed E-state index contributed by atoms with van der Waals surface area (Å²) in [5.41, 5.74) is -1.49. The molecule has 178 valence electrons. The van der Waals surface area contributed by atoms with Crippen molar-refractivity contribution in [1.29, 1.82) is 0 Å². The van der Waals surface area contributed by atoms with Gasteiger partial charge in [-0.15, -0.1) is 0 Å². The van der Waals surface area contributed by atoms with Gasteiger partial charge in [0.1, 0.15) is 6.54 Å². The fourth-order valence-corrected chi connectivity index (χ4v) is 3.54. The summed E-state index contributed by atoms with van der Waals surface area (Å²) >= 11 is 0.